The molecule has 0 bridgehead atoms. The number of nitrogens with zero attached hydrogens (tertiary/aromatic N) is 3. The fourth-order valence-corrected chi connectivity index (χ4v) is 3.14. The maximum absolute atomic E-state index is 5.55. The van der Waals surface area contributed by atoms with Crippen LogP contribution >= 0.6 is 0 Å². The second-order valence-electron chi connectivity index (χ2n) is 5.75. The molecule has 1 fully saturated rings. The van der Waals surface area contributed by atoms with E-state index in [0.717, 1.165) is 19.5 Å². The molecule has 1 unspecified atom stereocenters. The Labute approximate surface area is 126 Å². The summed E-state index contributed by atoms with van der Waals surface area (Å²) in [6, 6.07) is 12.8. The highest BCUT2D eigenvalue weighted by atomic mass is 16.5. The Morgan fingerprint density at radius 1 is 1.24 bits per heavy atom. The molecule has 4 heteroatoms. The highest BCUT2D eigenvalue weighted by molar-refractivity contribution is 5.62. The lowest BCUT2D eigenvalue weighted by atomic mass is 10.1. The zero-order valence-electron chi connectivity index (χ0n) is 13.1. The van der Waals surface area contributed by atoms with Gasteiger partial charge in [0.15, 0.2) is 0 Å². The minimum absolute atomic E-state index is 0.346. The summed E-state index contributed by atoms with van der Waals surface area (Å²) in [7, 11) is 6.05. The van der Waals surface area contributed by atoms with E-state index >= 15 is 0 Å². The van der Waals surface area contributed by atoms with Crippen molar-refractivity contribution in [2.75, 3.05) is 25.1 Å². The molecule has 112 valence electrons. The molecule has 1 aliphatic heterocycles. The van der Waals surface area contributed by atoms with E-state index in [2.05, 4.69) is 64.8 Å². The van der Waals surface area contributed by atoms with Gasteiger partial charge < -0.3 is 4.74 Å². The lowest BCUT2D eigenvalue weighted by molar-refractivity contribution is -0.738. The van der Waals surface area contributed by atoms with Crippen molar-refractivity contribution in [2.24, 2.45) is 14.1 Å². The first-order valence-corrected chi connectivity index (χ1v) is 7.60. The summed E-state index contributed by atoms with van der Waals surface area (Å²) in [5.41, 5.74) is 2.50. The number of rotatable bonds is 3. The van der Waals surface area contributed by atoms with E-state index in [-0.39, 0.29) is 0 Å². The number of hydrogen-bond donors (Lipinski definition) is 0. The van der Waals surface area contributed by atoms with Crippen molar-refractivity contribution in [1.82, 2.24) is 4.68 Å². The zero-order valence-corrected chi connectivity index (χ0v) is 13.1. The quantitative estimate of drug-likeness (QED) is 0.806. The van der Waals surface area contributed by atoms with Gasteiger partial charge in [-0.1, -0.05) is 30.3 Å². The summed E-state index contributed by atoms with van der Waals surface area (Å²) in [5.74, 6) is 1.26. The summed E-state index contributed by atoms with van der Waals surface area (Å²) in [5, 5.41) is 0. The van der Waals surface area contributed by atoms with Crippen LogP contribution in [0.15, 0.2) is 36.4 Å². The molecular weight excluding hydrogens is 262 g/mol. The van der Waals surface area contributed by atoms with E-state index in [1.54, 1.807) is 0 Å². The SMILES string of the molecule is COC1CCCN(c2cc(-c3ccccc3)n(C)[n+]2C)C1. The molecule has 0 spiro atoms. The molecular formula is C17H24N3O+. The van der Waals surface area contributed by atoms with Crippen molar-refractivity contribution in [3.63, 3.8) is 0 Å². The van der Waals surface area contributed by atoms with Crippen molar-refractivity contribution in [1.29, 1.82) is 0 Å². The van der Waals surface area contributed by atoms with Gasteiger partial charge in [0.1, 0.15) is 13.6 Å². The summed E-state index contributed by atoms with van der Waals surface area (Å²) < 4.78 is 9.98. The molecule has 0 amide bonds. The standard InChI is InChI=1S/C17H24N3O/c1-18-16(14-8-5-4-6-9-14)12-17(19(18)2)20-11-7-10-15(13-20)21-3/h4-6,8-9,12,15H,7,10-11,13H2,1-3H3/q+1. The fraction of sp³-hybridized carbons (Fsp3) is 0.471. The predicted octanol–water partition coefficient (Wildman–Crippen LogP) is 2.13. The van der Waals surface area contributed by atoms with Crippen LogP contribution in [0.2, 0.25) is 0 Å². The second kappa shape index (κ2) is 5.90. The van der Waals surface area contributed by atoms with Gasteiger partial charge in [0.2, 0.25) is 0 Å². The van der Waals surface area contributed by atoms with E-state index in [1.807, 2.05) is 7.11 Å². The average molecular weight is 286 g/mol. The number of ether oxygens (including phenoxy) is 1. The van der Waals surface area contributed by atoms with Gasteiger partial charge >= 0.3 is 0 Å². The minimum atomic E-state index is 0.346. The number of aromatic nitrogens is 2. The molecule has 1 atom stereocenters. The van der Waals surface area contributed by atoms with Crippen molar-refractivity contribution in [3.8, 4) is 11.3 Å². The lowest BCUT2D eigenvalue weighted by Crippen LogP contribution is -2.48. The number of benzene rings is 1. The normalized spacial score (nSPS) is 19.0. The predicted molar refractivity (Wildman–Crippen MR) is 84.3 cm³/mol. The second-order valence-corrected chi connectivity index (χ2v) is 5.75. The average Bonchev–Trinajstić information content (AvgIpc) is 2.84. The van der Waals surface area contributed by atoms with E-state index in [0.29, 0.717) is 6.10 Å². The summed E-state index contributed by atoms with van der Waals surface area (Å²) in [4.78, 5) is 2.43. The van der Waals surface area contributed by atoms with E-state index < -0.39 is 0 Å². The molecule has 0 N–H and O–H groups in total. The maximum atomic E-state index is 5.55. The van der Waals surface area contributed by atoms with Gasteiger partial charge in [0.25, 0.3) is 5.82 Å². The Balaban J connectivity index is 1.94. The first-order chi connectivity index (χ1) is 10.2. The molecule has 0 saturated carbocycles. The van der Waals surface area contributed by atoms with Crippen molar-refractivity contribution in [3.05, 3.63) is 36.4 Å². The molecule has 1 aromatic carbocycles. The third-order valence-electron chi connectivity index (χ3n) is 4.50. The van der Waals surface area contributed by atoms with Crippen LogP contribution in [0, 0.1) is 0 Å². The summed E-state index contributed by atoms with van der Waals surface area (Å²) in [6.07, 6.45) is 2.70. The van der Waals surface area contributed by atoms with Crippen LogP contribution < -0.4 is 9.58 Å². The van der Waals surface area contributed by atoms with Gasteiger partial charge in [-0.05, 0) is 12.8 Å². The Morgan fingerprint density at radius 3 is 2.71 bits per heavy atom. The highest BCUT2D eigenvalue weighted by Gasteiger charge is 2.29. The smallest absolute Gasteiger partial charge is 0.297 e. The molecule has 3 rings (SSSR count). The van der Waals surface area contributed by atoms with Crippen LogP contribution in [0.25, 0.3) is 11.3 Å². The highest BCUT2D eigenvalue weighted by Crippen LogP contribution is 2.24. The largest absolute Gasteiger partial charge is 0.377 e. The first-order valence-electron chi connectivity index (χ1n) is 7.60. The topological polar surface area (TPSA) is 21.3 Å². The Hall–Kier alpha value is -1.81. The molecule has 2 aromatic rings. The van der Waals surface area contributed by atoms with Crippen LogP contribution in [0.4, 0.5) is 5.82 Å². The van der Waals surface area contributed by atoms with Crippen molar-refractivity contribution < 1.29 is 9.42 Å². The lowest BCUT2D eigenvalue weighted by Gasteiger charge is -2.27. The minimum Gasteiger partial charge on any atom is -0.377 e. The molecule has 4 nitrogen and oxygen atoms in total. The van der Waals surface area contributed by atoms with E-state index in [9.17, 15) is 0 Å². The molecule has 1 aliphatic rings. The van der Waals surface area contributed by atoms with Crippen LogP contribution in [0.1, 0.15) is 12.8 Å². The van der Waals surface area contributed by atoms with E-state index in [1.165, 1.54) is 23.5 Å². The Morgan fingerprint density at radius 2 is 2.00 bits per heavy atom. The first kappa shape index (κ1) is 14.1. The van der Waals surface area contributed by atoms with Gasteiger partial charge in [-0.3, -0.25) is 4.90 Å². The van der Waals surface area contributed by atoms with Gasteiger partial charge in [0, 0.05) is 19.7 Å². The van der Waals surface area contributed by atoms with Crippen LogP contribution in [-0.2, 0) is 18.8 Å². The Bertz CT molecular complexity index is 606. The third kappa shape index (κ3) is 2.68. The monoisotopic (exact) mass is 286 g/mol. The van der Waals surface area contributed by atoms with E-state index in [4.69, 9.17) is 4.74 Å². The molecule has 0 aliphatic carbocycles. The fourth-order valence-electron chi connectivity index (χ4n) is 3.14. The van der Waals surface area contributed by atoms with Gasteiger partial charge in [-0.25, -0.2) is 4.68 Å². The van der Waals surface area contributed by atoms with Gasteiger partial charge in [-0.15, -0.1) is 0 Å². The summed E-state index contributed by atoms with van der Waals surface area (Å²) >= 11 is 0. The molecule has 2 heterocycles. The van der Waals surface area contributed by atoms with Crippen LogP contribution in [0.3, 0.4) is 0 Å². The Kier molecular flexibility index (Phi) is 3.97. The third-order valence-corrected chi connectivity index (χ3v) is 4.50. The van der Waals surface area contributed by atoms with Gasteiger partial charge in [-0.2, -0.15) is 4.68 Å². The number of anilines is 1. The van der Waals surface area contributed by atoms with Crippen LogP contribution in [0.5, 0.6) is 0 Å². The summed E-state index contributed by atoms with van der Waals surface area (Å²) in [6.45, 7) is 2.08. The maximum Gasteiger partial charge on any atom is 0.297 e. The number of hydrogen-bond acceptors (Lipinski definition) is 2. The van der Waals surface area contributed by atoms with Gasteiger partial charge in [0.05, 0.1) is 24.4 Å². The van der Waals surface area contributed by atoms with Crippen LogP contribution in [-0.4, -0.2) is 31.0 Å². The zero-order chi connectivity index (χ0) is 14.8. The number of piperidine rings is 1. The molecule has 1 saturated heterocycles. The molecule has 1 aromatic heterocycles. The van der Waals surface area contributed by atoms with Crippen molar-refractivity contribution >= 4 is 5.82 Å². The molecule has 0 radical (unpaired) electrons. The van der Waals surface area contributed by atoms with Crippen molar-refractivity contribution in [2.45, 2.75) is 18.9 Å². The molecule has 21 heavy (non-hydrogen) atoms. The number of methoxy groups -OCH3 is 1.